The Labute approximate surface area is 78.2 Å². The highest BCUT2D eigenvalue weighted by Gasteiger charge is 1.98. The van der Waals surface area contributed by atoms with Gasteiger partial charge in [-0.05, 0) is 0 Å². The second kappa shape index (κ2) is 4.63. The molecule has 0 aliphatic rings. The minimum Gasteiger partial charge on any atom is -0.323 e. The maximum absolute atomic E-state index is 8.43. The van der Waals surface area contributed by atoms with Gasteiger partial charge in [0.15, 0.2) is 0 Å². The quantitative estimate of drug-likeness (QED) is 0.745. The molecule has 0 aliphatic carbocycles. The Hall–Kier alpha value is -1.34. The summed E-state index contributed by atoms with van der Waals surface area (Å²) in [5.41, 5.74) is 0.976. The average Bonchev–Trinajstić information content (AvgIpc) is 2.50. The Bertz CT molecular complexity index is 295. The normalized spacial score (nSPS) is 10.3. The molecule has 0 aliphatic heterocycles. The first kappa shape index (κ1) is 9.75. The zero-order chi connectivity index (χ0) is 9.68. The topological polar surface area (TPSA) is 53.6 Å². The minimum atomic E-state index is 0.370. The summed E-state index contributed by atoms with van der Waals surface area (Å²) in [7, 11) is 0. The molecule has 0 unspecified atom stereocenters. The molecule has 0 radical (unpaired) electrons. The lowest BCUT2D eigenvalue weighted by atomic mass is 10.3. The number of nitrogens with one attached hydrogen (secondary N) is 1. The number of nitriles is 1. The van der Waals surface area contributed by atoms with Gasteiger partial charge in [-0.3, -0.25) is 0 Å². The zero-order valence-corrected chi connectivity index (χ0v) is 7.99. The van der Waals surface area contributed by atoms with E-state index in [1.165, 1.54) is 0 Å². The van der Waals surface area contributed by atoms with E-state index in [0.717, 1.165) is 12.2 Å². The van der Waals surface area contributed by atoms with Crippen molar-refractivity contribution >= 4 is 0 Å². The number of rotatable bonds is 4. The molecule has 1 N–H and O–H groups in total. The zero-order valence-electron chi connectivity index (χ0n) is 7.99. The molecule has 70 valence electrons. The van der Waals surface area contributed by atoms with Crippen molar-refractivity contribution in [3.63, 3.8) is 0 Å². The van der Waals surface area contributed by atoms with Crippen molar-refractivity contribution in [1.29, 1.82) is 5.26 Å². The Morgan fingerprint density at radius 2 is 2.46 bits per heavy atom. The molecular weight excluding hydrogens is 164 g/mol. The van der Waals surface area contributed by atoms with Gasteiger partial charge in [0.1, 0.15) is 6.54 Å². The summed E-state index contributed by atoms with van der Waals surface area (Å²) in [4.78, 5) is 4.16. The van der Waals surface area contributed by atoms with E-state index in [1.807, 2.05) is 6.20 Å². The van der Waals surface area contributed by atoms with E-state index < -0.39 is 0 Å². The van der Waals surface area contributed by atoms with Crippen molar-refractivity contribution < 1.29 is 0 Å². The summed E-state index contributed by atoms with van der Waals surface area (Å²) in [6.07, 6.45) is 3.57. The van der Waals surface area contributed by atoms with E-state index in [9.17, 15) is 0 Å². The standard InChI is InChI=1S/C9H14N4/c1-8(2)11-5-9-6-13(4-3-10)7-12-9/h6-8,11H,4-5H2,1-2H3. The number of hydrogen-bond acceptors (Lipinski definition) is 3. The monoisotopic (exact) mass is 178 g/mol. The molecule has 1 aromatic heterocycles. The van der Waals surface area contributed by atoms with Gasteiger partial charge in [-0.15, -0.1) is 0 Å². The van der Waals surface area contributed by atoms with Crippen LogP contribution < -0.4 is 5.32 Å². The van der Waals surface area contributed by atoms with Crippen LogP contribution in [0, 0.1) is 11.3 Å². The Balaban J connectivity index is 2.45. The molecule has 4 nitrogen and oxygen atoms in total. The average molecular weight is 178 g/mol. The van der Waals surface area contributed by atoms with E-state index in [-0.39, 0.29) is 0 Å². The fourth-order valence-electron chi connectivity index (χ4n) is 0.974. The molecule has 0 saturated carbocycles. The number of hydrogen-bond donors (Lipinski definition) is 1. The molecule has 0 atom stereocenters. The van der Waals surface area contributed by atoms with Gasteiger partial charge in [0.05, 0.1) is 18.1 Å². The first-order chi connectivity index (χ1) is 6.22. The van der Waals surface area contributed by atoms with Crippen molar-refractivity contribution in [2.24, 2.45) is 0 Å². The molecule has 1 rings (SSSR count). The van der Waals surface area contributed by atoms with Crippen molar-refractivity contribution in [2.45, 2.75) is 33.0 Å². The van der Waals surface area contributed by atoms with Crippen LogP contribution in [-0.2, 0) is 13.1 Å². The summed E-state index contributed by atoms with van der Waals surface area (Å²) in [5.74, 6) is 0. The summed E-state index contributed by atoms with van der Waals surface area (Å²) in [5, 5.41) is 11.7. The Morgan fingerprint density at radius 1 is 1.69 bits per heavy atom. The van der Waals surface area contributed by atoms with Crippen LogP contribution in [0.15, 0.2) is 12.5 Å². The third-order valence-electron chi connectivity index (χ3n) is 1.63. The lowest BCUT2D eigenvalue weighted by molar-refractivity contribution is 0.582. The van der Waals surface area contributed by atoms with Gasteiger partial charge in [-0.25, -0.2) is 4.98 Å². The number of imidazole rings is 1. The molecule has 0 bridgehead atoms. The van der Waals surface area contributed by atoms with Gasteiger partial charge in [0.25, 0.3) is 0 Å². The summed E-state index contributed by atoms with van der Waals surface area (Å²) in [6, 6.07) is 2.52. The van der Waals surface area contributed by atoms with Crippen LogP contribution in [0.25, 0.3) is 0 Å². The van der Waals surface area contributed by atoms with Crippen LogP contribution >= 0.6 is 0 Å². The second-order valence-electron chi connectivity index (χ2n) is 3.23. The van der Waals surface area contributed by atoms with Crippen LogP contribution in [0.4, 0.5) is 0 Å². The van der Waals surface area contributed by atoms with Crippen LogP contribution in [-0.4, -0.2) is 15.6 Å². The third-order valence-corrected chi connectivity index (χ3v) is 1.63. The first-order valence-electron chi connectivity index (χ1n) is 4.33. The van der Waals surface area contributed by atoms with E-state index in [4.69, 9.17) is 5.26 Å². The van der Waals surface area contributed by atoms with Crippen LogP contribution in [0.3, 0.4) is 0 Å². The molecule has 0 amide bonds. The molecular formula is C9H14N4. The molecule has 4 heteroatoms. The fourth-order valence-corrected chi connectivity index (χ4v) is 0.974. The molecule has 1 heterocycles. The summed E-state index contributed by atoms with van der Waals surface area (Å²) < 4.78 is 1.78. The van der Waals surface area contributed by atoms with E-state index >= 15 is 0 Å². The largest absolute Gasteiger partial charge is 0.323 e. The van der Waals surface area contributed by atoms with Gasteiger partial charge in [-0.1, -0.05) is 13.8 Å². The molecule has 1 aromatic rings. The maximum Gasteiger partial charge on any atom is 0.111 e. The van der Waals surface area contributed by atoms with Gasteiger partial charge < -0.3 is 9.88 Å². The van der Waals surface area contributed by atoms with Gasteiger partial charge in [0.2, 0.25) is 0 Å². The molecule has 0 spiro atoms. The highest BCUT2D eigenvalue weighted by molar-refractivity contribution is 4.97. The van der Waals surface area contributed by atoms with E-state index in [2.05, 4.69) is 30.2 Å². The van der Waals surface area contributed by atoms with Crippen LogP contribution in [0.5, 0.6) is 0 Å². The van der Waals surface area contributed by atoms with Crippen LogP contribution in [0.1, 0.15) is 19.5 Å². The second-order valence-corrected chi connectivity index (χ2v) is 3.23. The van der Waals surface area contributed by atoms with Gasteiger partial charge in [0, 0.05) is 18.8 Å². The highest BCUT2D eigenvalue weighted by atomic mass is 15.0. The predicted molar refractivity (Wildman–Crippen MR) is 49.8 cm³/mol. The lowest BCUT2D eigenvalue weighted by Gasteiger charge is -2.04. The van der Waals surface area contributed by atoms with E-state index in [0.29, 0.717) is 12.6 Å². The van der Waals surface area contributed by atoms with Crippen molar-refractivity contribution in [3.05, 3.63) is 18.2 Å². The van der Waals surface area contributed by atoms with E-state index in [1.54, 1.807) is 10.9 Å². The number of aromatic nitrogens is 2. The van der Waals surface area contributed by atoms with Crippen molar-refractivity contribution in [1.82, 2.24) is 14.9 Å². The lowest BCUT2D eigenvalue weighted by Crippen LogP contribution is -2.21. The number of nitrogens with zero attached hydrogens (tertiary/aromatic N) is 3. The first-order valence-corrected chi connectivity index (χ1v) is 4.33. The third kappa shape index (κ3) is 3.26. The minimum absolute atomic E-state index is 0.370. The van der Waals surface area contributed by atoms with Crippen molar-refractivity contribution in [2.75, 3.05) is 0 Å². The molecule has 0 fully saturated rings. The molecule has 0 saturated heterocycles. The fraction of sp³-hybridized carbons (Fsp3) is 0.556. The molecule has 0 aromatic carbocycles. The summed E-state index contributed by atoms with van der Waals surface area (Å²) >= 11 is 0. The summed E-state index contributed by atoms with van der Waals surface area (Å²) in [6.45, 7) is 5.31. The van der Waals surface area contributed by atoms with Crippen molar-refractivity contribution in [3.8, 4) is 6.07 Å². The Kier molecular flexibility index (Phi) is 3.47. The van der Waals surface area contributed by atoms with Gasteiger partial charge in [-0.2, -0.15) is 5.26 Å². The molecule has 13 heavy (non-hydrogen) atoms. The smallest absolute Gasteiger partial charge is 0.111 e. The Morgan fingerprint density at radius 3 is 3.08 bits per heavy atom. The predicted octanol–water partition coefficient (Wildman–Crippen LogP) is 0.905. The SMILES string of the molecule is CC(C)NCc1cn(CC#N)cn1. The highest BCUT2D eigenvalue weighted by Crippen LogP contribution is 1.95. The maximum atomic E-state index is 8.43. The van der Waals surface area contributed by atoms with Crippen LogP contribution in [0.2, 0.25) is 0 Å². The van der Waals surface area contributed by atoms with Gasteiger partial charge >= 0.3 is 0 Å².